The lowest BCUT2D eigenvalue weighted by Gasteiger charge is -2.05. The van der Waals surface area contributed by atoms with Crippen molar-refractivity contribution in [1.29, 1.82) is 0 Å². The van der Waals surface area contributed by atoms with Crippen LogP contribution in [0.1, 0.15) is 10.4 Å². The van der Waals surface area contributed by atoms with Gasteiger partial charge in [-0.05, 0) is 12.1 Å². The van der Waals surface area contributed by atoms with E-state index < -0.39 is 11.7 Å². The molecule has 2 rings (SSSR count). The molecule has 0 bridgehead atoms. The van der Waals surface area contributed by atoms with Crippen LogP contribution in [0.5, 0.6) is 0 Å². The standard InChI is InChI=1S/C13H15N3O5/c1-21-6-5-14-10(17)7-16-9-4-2-3-8(12(18)19)11(9)15-13(16)20/h2-4H,5-7H2,1H3,(H,14,17)(H,15,20)(H,18,19). The van der Waals surface area contributed by atoms with Gasteiger partial charge in [0.2, 0.25) is 5.91 Å². The van der Waals surface area contributed by atoms with Crippen LogP contribution in [0.15, 0.2) is 23.0 Å². The predicted molar refractivity (Wildman–Crippen MR) is 74.4 cm³/mol. The average molecular weight is 293 g/mol. The maximum Gasteiger partial charge on any atom is 0.337 e. The van der Waals surface area contributed by atoms with Gasteiger partial charge in [-0.1, -0.05) is 6.07 Å². The van der Waals surface area contributed by atoms with E-state index in [1.807, 2.05) is 0 Å². The minimum Gasteiger partial charge on any atom is -0.478 e. The van der Waals surface area contributed by atoms with Crippen LogP contribution in [0.25, 0.3) is 11.0 Å². The molecule has 8 nitrogen and oxygen atoms in total. The summed E-state index contributed by atoms with van der Waals surface area (Å²) < 4.78 is 6.01. The second-order valence-corrected chi connectivity index (χ2v) is 4.36. The van der Waals surface area contributed by atoms with Gasteiger partial charge in [0.05, 0.1) is 23.2 Å². The molecule has 0 fully saturated rings. The Labute approximate surface area is 119 Å². The lowest BCUT2D eigenvalue weighted by molar-refractivity contribution is -0.121. The first kappa shape index (κ1) is 14.8. The van der Waals surface area contributed by atoms with Crippen LogP contribution in [0, 0.1) is 0 Å². The Morgan fingerprint density at radius 3 is 2.86 bits per heavy atom. The first-order valence-electron chi connectivity index (χ1n) is 6.25. The number of amides is 1. The minimum atomic E-state index is -1.14. The second kappa shape index (κ2) is 6.23. The number of hydrogen-bond acceptors (Lipinski definition) is 4. The molecule has 0 saturated heterocycles. The molecular formula is C13H15N3O5. The Kier molecular flexibility index (Phi) is 4.39. The number of fused-ring (bicyclic) bond motifs is 1. The van der Waals surface area contributed by atoms with E-state index in [0.29, 0.717) is 18.7 Å². The van der Waals surface area contributed by atoms with E-state index in [9.17, 15) is 14.4 Å². The summed E-state index contributed by atoms with van der Waals surface area (Å²) >= 11 is 0. The minimum absolute atomic E-state index is 0.0110. The number of para-hydroxylation sites is 1. The van der Waals surface area contributed by atoms with E-state index in [4.69, 9.17) is 9.84 Å². The number of nitrogens with zero attached hydrogens (tertiary/aromatic N) is 1. The molecular weight excluding hydrogens is 278 g/mol. The summed E-state index contributed by atoms with van der Waals surface area (Å²) in [6, 6.07) is 4.50. The Morgan fingerprint density at radius 1 is 1.43 bits per heavy atom. The number of aromatic carboxylic acids is 1. The monoisotopic (exact) mass is 293 g/mol. The van der Waals surface area contributed by atoms with Gasteiger partial charge in [0.1, 0.15) is 6.54 Å². The molecule has 1 amide bonds. The Balaban J connectivity index is 2.30. The predicted octanol–water partition coefficient (Wildman–Crippen LogP) is -0.210. The average Bonchev–Trinajstić information content (AvgIpc) is 2.75. The van der Waals surface area contributed by atoms with Crippen LogP contribution in [-0.4, -0.2) is 46.8 Å². The molecule has 21 heavy (non-hydrogen) atoms. The third kappa shape index (κ3) is 3.11. The zero-order valence-electron chi connectivity index (χ0n) is 11.4. The third-order valence-corrected chi connectivity index (χ3v) is 2.97. The summed E-state index contributed by atoms with van der Waals surface area (Å²) in [5.41, 5.74) is 0.0465. The van der Waals surface area contributed by atoms with E-state index in [2.05, 4.69) is 10.3 Å². The summed E-state index contributed by atoms with van der Waals surface area (Å²) in [5.74, 6) is -1.49. The summed E-state index contributed by atoms with van der Waals surface area (Å²) in [6.07, 6.45) is 0. The molecule has 1 heterocycles. The Morgan fingerprint density at radius 2 is 2.19 bits per heavy atom. The summed E-state index contributed by atoms with van der Waals surface area (Å²) in [6.45, 7) is 0.524. The van der Waals surface area contributed by atoms with Crippen LogP contribution in [0.4, 0.5) is 0 Å². The summed E-state index contributed by atoms with van der Waals surface area (Å²) in [7, 11) is 1.52. The van der Waals surface area contributed by atoms with E-state index >= 15 is 0 Å². The van der Waals surface area contributed by atoms with Crippen molar-refractivity contribution in [2.45, 2.75) is 6.54 Å². The Hall–Kier alpha value is -2.61. The number of aromatic amines is 1. The number of carboxylic acid groups (broad SMARTS) is 1. The lowest BCUT2D eigenvalue weighted by atomic mass is 10.2. The molecule has 0 saturated carbocycles. The van der Waals surface area contributed by atoms with Gasteiger partial charge in [-0.3, -0.25) is 9.36 Å². The number of imidazole rings is 1. The van der Waals surface area contributed by atoms with Crippen LogP contribution < -0.4 is 11.0 Å². The number of rotatable bonds is 6. The van der Waals surface area contributed by atoms with Crippen molar-refractivity contribution < 1.29 is 19.4 Å². The largest absolute Gasteiger partial charge is 0.478 e. The lowest BCUT2D eigenvalue weighted by Crippen LogP contribution is -2.33. The van der Waals surface area contributed by atoms with Crippen molar-refractivity contribution in [1.82, 2.24) is 14.9 Å². The fourth-order valence-corrected chi connectivity index (χ4v) is 2.01. The van der Waals surface area contributed by atoms with Crippen LogP contribution in [0.2, 0.25) is 0 Å². The molecule has 112 valence electrons. The number of ether oxygens (including phenoxy) is 1. The summed E-state index contributed by atoms with van der Waals surface area (Å²) in [4.78, 5) is 37.2. The van der Waals surface area contributed by atoms with Crippen LogP contribution >= 0.6 is 0 Å². The quantitative estimate of drug-likeness (QED) is 0.638. The molecule has 8 heteroatoms. The van der Waals surface area contributed by atoms with E-state index in [1.54, 1.807) is 6.07 Å². The molecule has 0 spiro atoms. The number of carbonyl (C=O) groups excluding carboxylic acids is 1. The molecule has 0 aliphatic rings. The number of H-pyrrole nitrogens is 1. The zero-order valence-corrected chi connectivity index (χ0v) is 11.4. The van der Waals surface area contributed by atoms with Gasteiger partial charge in [-0.15, -0.1) is 0 Å². The number of carboxylic acids is 1. The first-order valence-corrected chi connectivity index (χ1v) is 6.25. The van der Waals surface area contributed by atoms with Crippen molar-refractivity contribution in [3.8, 4) is 0 Å². The smallest absolute Gasteiger partial charge is 0.337 e. The van der Waals surface area contributed by atoms with Crippen molar-refractivity contribution in [2.75, 3.05) is 20.3 Å². The fourth-order valence-electron chi connectivity index (χ4n) is 2.01. The number of aromatic nitrogens is 2. The molecule has 0 aliphatic heterocycles. The number of hydrogen-bond donors (Lipinski definition) is 3. The number of carbonyl (C=O) groups is 2. The van der Waals surface area contributed by atoms with Gasteiger partial charge < -0.3 is 20.1 Å². The van der Waals surface area contributed by atoms with E-state index in [-0.39, 0.29) is 23.5 Å². The molecule has 0 radical (unpaired) electrons. The van der Waals surface area contributed by atoms with Gasteiger partial charge in [0, 0.05) is 13.7 Å². The topological polar surface area (TPSA) is 113 Å². The number of nitrogens with one attached hydrogen (secondary N) is 2. The van der Waals surface area contributed by atoms with Crippen LogP contribution in [-0.2, 0) is 16.1 Å². The first-order chi connectivity index (χ1) is 10.0. The highest BCUT2D eigenvalue weighted by Crippen LogP contribution is 2.15. The van der Waals surface area contributed by atoms with Gasteiger partial charge in [0.25, 0.3) is 0 Å². The number of methoxy groups -OCH3 is 1. The highest BCUT2D eigenvalue weighted by Gasteiger charge is 2.15. The highest BCUT2D eigenvalue weighted by molar-refractivity contribution is 6.01. The van der Waals surface area contributed by atoms with Crippen molar-refractivity contribution >= 4 is 22.9 Å². The van der Waals surface area contributed by atoms with E-state index in [1.165, 1.54) is 23.8 Å². The second-order valence-electron chi connectivity index (χ2n) is 4.36. The van der Waals surface area contributed by atoms with Crippen molar-refractivity contribution in [2.24, 2.45) is 0 Å². The van der Waals surface area contributed by atoms with Gasteiger partial charge in [0.15, 0.2) is 0 Å². The number of benzene rings is 1. The SMILES string of the molecule is COCCNC(=O)Cn1c(=O)[nH]c2c(C(=O)O)cccc21. The third-order valence-electron chi connectivity index (χ3n) is 2.97. The zero-order chi connectivity index (χ0) is 15.4. The molecule has 0 aliphatic carbocycles. The van der Waals surface area contributed by atoms with E-state index in [0.717, 1.165) is 0 Å². The molecule has 1 aromatic carbocycles. The maximum absolute atomic E-state index is 11.9. The fraction of sp³-hybridized carbons (Fsp3) is 0.308. The summed E-state index contributed by atoms with van der Waals surface area (Å²) in [5, 5.41) is 11.7. The van der Waals surface area contributed by atoms with Gasteiger partial charge in [-0.25, -0.2) is 9.59 Å². The molecule has 2 aromatic rings. The van der Waals surface area contributed by atoms with Gasteiger partial charge in [-0.2, -0.15) is 0 Å². The normalized spacial score (nSPS) is 10.7. The molecule has 1 aromatic heterocycles. The van der Waals surface area contributed by atoms with Gasteiger partial charge >= 0.3 is 11.7 Å². The molecule has 3 N–H and O–H groups in total. The van der Waals surface area contributed by atoms with Crippen molar-refractivity contribution in [3.63, 3.8) is 0 Å². The maximum atomic E-state index is 11.9. The van der Waals surface area contributed by atoms with Crippen molar-refractivity contribution in [3.05, 3.63) is 34.2 Å². The Bertz CT molecular complexity index is 731. The molecule has 0 atom stereocenters. The molecule has 0 unspecified atom stereocenters. The van der Waals surface area contributed by atoms with Crippen LogP contribution in [0.3, 0.4) is 0 Å². The highest BCUT2D eigenvalue weighted by atomic mass is 16.5.